The van der Waals surface area contributed by atoms with Crippen LogP contribution in [-0.4, -0.2) is 82.2 Å². The van der Waals surface area contributed by atoms with Gasteiger partial charge in [-0.1, -0.05) is 30.3 Å². The number of aliphatic carboxylic acids is 1. The van der Waals surface area contributed by atoms with Crippen LogP contribution in [0.1, 0.15) is 44.6 Å². The Labute approximate surface area is 205 Å². The van der Waals surface area contributed by atoms with Gasteiger partial charge in [0.2, 0.25) is 17.7 Å². The number of carboxylic acids is 1. The van der Waals surface area contributed by atoms with E-state index in [1.54, 1.807) is 0 Å². The number of hydrogen-bond donors (Lipinski definition) is 6. The molecular weight excluding hydrogens is 454 g/mol. The van der Waals surface area contributed by atoms with Crippen molar-refractivity contribution in [3.8, 4) is 0 Å². The fraction of sp³-hybridized carbons (Fsp3) is 0.583. The van der Waals surface area contributed by atoms with Gasteiger partial charge in [0.25, 0.3) is 0 Å². The van der Waals surface area contributed by atoms with E-state index in [0.29, 0.717) is 38.8 Å². The quantitative estimate of drug-likeness (QED) is 0.192. The van der Waals surface area contributed by atoms with Crippen molar-refractivity contribution >= 4 is 23.7 Å². The fourth-order valence-electron chi connectivity index (χ4n) is 4.06. The molecule has 1 fully saturated rings. The Hall–Kier alpha value is -3.02. The van der Waals surface area contributed by atoms with Crippen LogP contribution in [0, 0.1) is 0 Å². The smallest absolute Gasteiger partial charge is 0.326 e. The van der Waals surface area contributed by atoms with Crippen LogP contribution in [0.15, 0.2) is 30.3 Å². The minimum absolute atomic E-state index is 0.166. The van der Waals surface area contributed by atoms with Crippen molar-refractivity contribution in [2.24, 2.45) is 11.5 Å². The minimum Gasteiger partial charge on any atom is -0.480 e. The van der Waals surface area contributed by atoms with Crippen LogP contribution in [0.2, 0.25) is 0 Å². The molecule has 3 amide bonds. The van der Waals surface area contributed by atoms with Crippen molar-refractivity contribution in [2.45, 2.75) is 75.7 Å². The van der Waals surface area contributed by atoms with Gasteiger partial charge < -0.3 is 37.2 Å². The molecule has 0 bridgehead atoms. The number of carboxylic acid groups (broad SMARTS) is 1. The lowest BCUT2D eigenvalue weighted by atomic mass is 10.0. The Balaban J connectivity index is 2.17. The normalized spacial score (nSPS) is 18.9. The van der Waals surface area contributed by atoms with Crippen molar-refractivity contribution in [3.05, 3.63) is 35.9 Å². The summed E-state index contributed by atoms with van der Waals surface area (Å²) in [4.78, 5) is 52.0. The minimum atomic E-state index is -1.22. The van der Waals surface area contributed by atoms with Gasteiger partial charge in [-0.3, -0.25) is 14.4 Å². The number of nitrogens with two attached hydrogens (primary N) is 2. The second kappa shape index (κ2) is 13.8. The van der Waals surface area contributed by atoms with Gasteiger partial charge in [-0.05, 0) is 51.1 Å². The predicted octanol–water partition coefficient (Wildman–Crippen LogP) is -0.889. The van der Waals surface area contributed by atoms with E-state index in [1.807, 2.05) is 30.3 Å². The van der Waals surface area contributed by atoms with Crippen LogP contribution in [0.25, 0.3) is 0 Å². The van der Waals surface area contributed by atoms with Crippen LogP contribution in [-0.2, 0) is 25.6 Å². The number of aliphatic hydroxyl groups excluding tert-OH is 1. The van der Waals surface area contributed by atoms with E-state index in [4.69, 9.17) is 11.5 Å². The van der Waals surface area contributed by atoms with E-state index in [0.717, 1.165) is 5.56 Å². The highest BCUT2D eigenvalue weighted by Gasteiger charge is 2.39. The number of nitrogens with one attached hydrogen (secondary N) is 2. The highest BCUT2D eigenvalue weighted by molar-refractivity contribution is 5.94. The number of amides is 3. The number of carbonyl (C=O) groups is 4. The van der Waals surface area contributed by atoms with Gasteiger partial charge >= 0.3 is 5.97 Å². The van der Waals surface area contributed by atoms with E-state index in [2.05, 4.69) is 10.6 Å². The second-order valence-electron chi connectivity index (χ2n) is 8.89. The molecule has 0 aromatic heterocycles. The average Bonchev–Trinajstić information content (AvgIpc) is 3.32. The van der Waals surface area contributed by atoms with Gasteiger partial charge in [0, 0.05) is 13.0 Å². The van der Waals surface area contributed by atoms with Crippen molar-refractivity contribution in [1.29, 1.82) is 0 Å². The highest BCUT2D eigenvalue weighted by Crippen LogP contribution is 2.20. The molecular formula is C24H37N5O6. The first-order valence-electron chi connectivity index (χ1n) is 12.0. The van der Waals surface area contributed by atoms with Crippen LogP contribution < -0.4 is 22.1 Å². The molecule has 1 aliphatic heterocycles. The van der Waals surface area contributed by atoms with Crippen molar-refractivity contribution in [2.75, 3.05) is 13.1 Å². The van der Waals surface area contributed by atoms with Crippen molar-refractivity contribution < 1.29 is 29.4 Å². The SMILES string of the molecule is CC(O)C(N)C(=O)NC(Cc1ccccc1)C(=O)N1CCCC1C(=O)NC(CCCCN)C(=O)O. The molecule has 1 heterocycles. The summed E-state index contributed by atoms with van der Waals surface area (Å²) in [5.41, 5.74) is 12.0. The summed E-state index contributed by atoms with van der Waals surface area (Å²) < 4.78 is 0. The van der Waals surface area contributed by atoms with Gasteiger partial charge in [-0.25, -0.2) is 4.79 Å². The molecule has 0 spiro atoms. The molecule has 2 rings (SSSR count). The standard InChI is InChI=1S/C24H37N5O6/c1-15(30)20(26)22(32)28-18(14-16-8-3-2-4-9-16)23(33)29-13-7-11-19(29)21(31)27-17(24(34)35)10-5-6-12-25/h2-4,8-9,15,17-20,30H,5-7,10-14,25-26H2,1H3,(H,27,31)(H,28,32)(H,34,35). The summed E-state index contributed by atoms with van der Waals surface area (Å²) in [6.45, 7) is 2.11. The number of rotatable bonds is 13. The third-order valence-electron chi connectivity index (χ3n) is 6.12. The van der Waals surface area contributed by atoms with E-state index >= 15 is 0 Å². The molecule has 1 aromatic carbocycles. The maximum absolute atomic E-state index is 13.5. The molecule has 0 radical (unpaired) electrons. The molecule has 0 saturated carbocycles. The second-order valence-corrected chi connectivity index (χ2v) is 8.89. The number of benzene rings is 1. The van der Waals surface area contributed by atoms with E-state index < -0.39 is 54.0 Å². The lowest BCUT2D eigenvalue weighted by molar-refractivity contribution is -0.145. The monoisotopic (exact) mass is 491 g/mol. The molecule has 1 aliphatic rings. The third kappa shape index (κ3) is 8.30. The van der Waals surface area contributed by atoms with Gasteiger partial charge in [-0.15, -0.1) is 0 Å². The molecule has 1 aromatic rings. The summed E-state index contributed by atoms with van der Waals surface area (Å²) in [6.07, 6.45) is 1.43. The Morgan fingerprint density at radius 3 is 2.40 bits per heavy atom. The third-order valence-corrected chi connectivity index (χ3v) is 6.12. The first-order chi connectivity index (χ1) is 16.6. The zero-order chi connectivity index (χ0) is 26.0. The molecule has 5 unspecified atom stereocenters. The molecule has 11 nitrogen and oxygen atoms in total. The molecule has 35 heavy (non-hydrogen) atoms. The number of aliphatic hydroxyl groups is 1. The fourth-order valence-corrected chi connectivity index (χ4v) is 4.06. The van der Waals surface area contributed by atoms with Gasteiger partial charge in [0.05, 0.1) is 6.10 Å². The van der Waals surface area contributed by atoms with Gasteiger partial charge in [0.1, 0.15) is 24.2 Å². The number of hydrogen-bond acceptors (Lipinski definition) is 7. The summed E-state index contributed by atoms with van der Waals surface area (Å²) in [6, 6.07) is 4.92. The van der Waals surface area contributed by atoms with Crippen molar-refractivity contribution in [3.63, 3.8) is 0 Å². The number of likely N-dealkylation sites (tertiary alicyclic amines) is 1. The molecule has 5 atom stereocenters. The molecule has 0 aliphatic carbocycles. The zero-order valence-electron chi connectivity index (χ0n) is 20.1. The van der Waals surface area contributed by atoms with E-state index in [1.165, 1.54) is 11.8 Å². The number of unbranched alkanes of at least 4 members (excludes halogenated alkanes) is 1. The Morgan fingerprint density at radius 1 is 1.11 bits per heavy atom. The zero-order valence-corrected chi connectivity index (χ0v) is 20.1. The Kier molecular flexibility index (Phi) is 11.1. The average molecular weight is 492 g/mol. The van der Waals surface area contributed by atoms with Gasteiger partial charge in [0.15, 0.2) is 0 Å². The molecule has 194 valence electrons. The van der Waals surface area contributed by atoms with E-state index in [9.17, 15) is 29.4 Å². The highest BCUT2D eigenvalue weighted by atomic mass is 16.4. The molecule has 1 saturated heterocycles. The van der Waals surface area contributed by atoms with E-state index in [-0.39, 0.29) is 12.8 Å². The lowest BCUT2D eigenvalue weighted by Gasteiger charge is -2.30. The van der Waals surface area contributed by atoms with Crippen molar-refractivity contribution in [1.82, 2.24) is 15.5 Å². The van der Waals surface area contributed by atoms with Crippen LogP contribution in [0.4, 0.5) is 0 Å². The Bertz CT molecular complexity index is 865. The number of nitrogens with zero attached hydrogens (tertiary/aromatic N) is 1. The summed E-state index contributed by atoms with van der Waals surface area (Å²) in [5, 5.41) is 24.3. The number of carbonyl (C=O) groups excluding carboxylic acids is 3. The molecule has 11 heteroatoms. The maximum Gasteiger partial charge on any atom is 0.326 e. The largest absolute Gasteiger partial charge is 0.480 e. The maximum atomic E-state index is 13.5. The van der Waals surface area contributed by atoms with Gasteiger partial charge in [-0.2, -0.15) is 0 Å². The Morgan fingerprint density at radius 2 is 1.80 bits per heavy atom. The predicted molar refractivity (Wildman–Crippen MR) is 129 cm³/mol. The summed E-state index contributed by atoms with van der Waals surface area (Å²) in [5.74, 6) is -2.83. The van der Waals surface area contributed by atoms with Crippen LogP contribution >= 0.6 is 0 Å². The lowest BCUT2D eigenvalue weighted by Crippen LogP contribution is -2.58. The first kappa shape index (κ1) is 28.2. The first-order valence-corrected chi connectivity index (χ1v) is 12.0. The topological polar surface area (TPSA) is 188 Å². The summed E-state index contributed by atoms with van der Waals surface area (Å²) >= 11 is 0. The summed E-state index contributed by atoms with van der Waals surface area (Å²) in [7, 11) is 0. The molecule has 8 N–H and O–H groups in total. The van der Waals surface area contributed by atoms with Crippen LogP contribution in [0.5, 0.6) is 0 Å². The van der Waals surface area contributed by atoms with Crippen LogP contribution in [0.3, 0.4) is 0 Å².